The van der Waals surface area contributed by atoms with Crippen LogP contribution in [0.25, 0.3) is 0 Å². The number of para-hydroxylation sites is 1. The molecule has 14 heavy (non-hydrogen) atoms. The van der Waals surface area contributed by atoms with Crippen LogP contribution >= 0.6 is 15.9 Å². The third-order valence-electron chi connectivity index (χ3n) is 1.42. The Morgan fingerprint density at radius 3 is 2.71 bits per heavy atom. The van der Waals surface area contributed by atoms with Crippen LogP contribution in [0.4, 0.5) is 4.79 Å². The minimum Gasteiger partial charge on any atom is -0.489 e. The Morgan fingerprint density at radius 2 is 2.07 bits per heavy atom. The van der Waals surface area contributed by atoms with E-state index in [2.05, 4.69) is 20.7 Å². The Balaban J connectivity index is 2.31. The molecule has 0 unspecified atom stereocenters. The zero-order valence-corrected chi connectivity index (χ0v) is 8.99. The van der Waals surface area contributed by atoms with E-state index in [1.54, 1.807) is 0 Å². The number of ether oxygens (including phenoxy) is 2. The van der Waals surface area contributed by atoms with Crippen LogP contribution in [-0.4, -0.2) is 19.3 Å². The van der Waals surface area contributed by atoms with Crippen molar-refractivity contribution in [2.45, 2.75) is 0 Å². The van der Waals surface area contributed by atoms with Crippen molar-refractivity contribution in [3.63, 3.8) is 0 Å². The number of rotatable bonds is 4. The summed E-state index contributed by atoms with van der Waals surface area (Å²) in [7, 11) is 0. The minimum atomic E-state index is -0.791. The monoisotopic (exact) mass is 259 g/mol. The largest absolute Gasteiger partial charge is 0.489 e. The maximum atomic E-state index is 10.2. The number of amides is 1. The summed E-state index contributed by atoms with van der Waals surface area (Å²) in [5.74, 6) is 0.709. The van der Waals surface area contributed by atoms with E-state index in [1.165, 1.54) is 0 Å². The molecular weight excluding hydrogens is 250 g/mol. The van der Waals surface area contributed by atoms with Gasteiger partial charge in [-0.05, 0) is 28.1 Å². The maximum Gasteiger partial charge on any atom is 0.404 e. The van der Waals surface area contributed by atoms with Gasteiger partial charge in [0.2, 0.25) is 0 Å². The zero-order valence-electron chi connectivity index (χ0n) is 7.40. The first-order chi connectivity index (χ1) is 6.70. The van der Waals surface area contributed by atoms with Crippen LogP contribution in [0.15, 0.2) is 28.7 Å². The molecule has 0 radical (unpaired) electrons. The lowest BCUT2D eigenvalue weighted by Gasteiger charge is -2.07. The predicted octanol–water partition coefficient (Wildman–Crippen LogP) is 1.92. The van der Waals surface area contributed by atoms with Gasteiger partial charge >= 0.3 is 6.09 Å². The molecule has 1 amide bonds. The smallest absolute Gasteiger partial charge is 0.404 e. The molecular formula is C9H10BrNO3. The van der Waals surface area contributed by atoms with Gasteiger partial charge in [0.1, 0.15) is 19.0 Å². The number of primary amides is 1. The van der Waals surface area contributed by atoms with Gasteiger partial charge in [-0.3, -0.25) is 0 Å². The van der Waals surface area contributed by atoms with E-state index in [1.807, 2.05) is 24.3 Å². The second-order valence-electron chi connectivity index (χ2n) is 2.45. The molecule has 0 heterocycles. The Kier molecular flexibility index (Phi) is 4.25. The lowest BCUT2D eigenvalue weighted by Crippen LogP contribution is -2.17. The summed E-state index contributed by atoms with van der Waals surface area (Å²) in [5, 5.41) is 0. The summed E-state index contributed by atoms with van der Waals surface area (Å²) in [6.45, 7) is 0.433. The lowest BCUT2D eigenvalue weighted by molar-refractivity contribution is 0.133. The summed E-state index contributed by atoms with van der Waals surface area (Å²) in [4.78, 5) is 10.2. The van der Waals surface area contributed by atoms with E-state index in [0.717, 1.165) is 4.47 Å². The van der Waals surface area contributed by atoms with Crippen molar-refractivity contribution in [1.82, 2.24) is 0 Å². The highest BCUT2D eigenvalue weighted by molar-refractivity contribution is 9.10. The molecule has 0 saturated carbocycles. The average molecular weight is 260 g/mol. The van der Waals surface area contributed by atoms with Gasteiger partial charge in [0.25, 0.3) is 0 Å². The van der Waals surface area contributed by atoms with Crippen molar-refractivity contribution in [2.75, 3.05) is 13.2 Å². The minimum absolute atomic E-state index is 0.149. The topological polar surface area (TPSA) is 61.6 Å². The fraction of sp³-hybridized carbons (Fsp3) is 0.222. The van der Waals surface area contributed by atoms with Gasteiger partial charge in [-0.25, -0.2) is 4.79 Å². The third kappa shape index (κ3) is 3.66. The summed E-state index contributed by atoms with van der Waals surface area (Å²) >= 11 is 3.32. The fourth-order valence-electron chi connectivity index (χ4n) is 0.856. The average Bonchev–Trinajstić information content (AvgIpc) is 2.15. The molecule has 1 aromatic carbocycles. The molecule has 0 atom stereocenters. The summed E-state index contributed by atoms with van der Waals surface area (Å²) < 4.78 is 10.7. The van der Waals surface area contributed by atoms with Crippen molar-refractivity contribution in [3.8, 4) is 5.75 Å². The standard InChI is InChI=1S/C9H10BrNO3/c10-7-3-1-2-4-8(7)13-5-6-14-9(11)12/h1-4H,5-6H2,(H2,11,12). The van der Waals surface area contributed by atoms with Crippen molar-refractivity contribution in [3.05, 3.63) is 28.7 Å². The van der Waals surface area contributed by atoms with Crippen molar-refractivity contribution >= 4 is 22.0 Å². The molecule has 0 bridgehead atoms. The van der Waals surface area contributed by atoms with E-state index < -0.39 is 6.09 Å². The van der Waals surface area contributed by atoms with Gasteiger partial charge in [0.15, 0.2) is 0 Å². The van der Waals surface area contributed by atoms with Crippen molar-refractivity contribution in [1.29, 1.82) is 0 Å². The van der Waals surface area contributed by atoms with E-state index in [4.69, 9.17) is 10.5 Å². The molecule has 4 nitrogen and oxygen atoms in total. The molecule has 0 aliphatic heterocycles. The Morgan fingerprint density at radius 1 is 1.36 bits per heavy atom. The first kappa shape index (κ1) is 10.8. The Hall–Kier alpha value is -1.23. The molecule has 1 aromatic rings. The normalized spacial score (nSPS) is 9.50. The first-order valence-electron chi connectivity index (χ1n) is 3.99. The fourth-order valence-corrected chi connectivity index (χ4v) is 1.25. The number of hydrogen-bond acceptors (Lipinski definition) is 3. The van der Waals surface area contributed by atoms with Crippen molar-refractivity contribution in [2.24, 2.45) is 5.73 Å². The van der Waals surface area contributed by atoms with Gasteiger partial charge in [-0.1, -0.05) is 12.1 Å². The second-order valence-corrected chi connectivity index (χ2v) is 3.30. The van der Waals surface area contributed by atoms with Crippen LogP contribution < -0.4 is 10.5 Å². The lowest BCUT2D eigenvalue weighted by atomic mass is 10.3. The van der Waals surface area contributed by atoms with Gasteiger partial charge in [-0.15, -0.1) is 0 Å². The number of benzene rings is 1. The van der Waals surface area contributed by atoms with Crippen LogP contribution in [0.3, 0.4) is 0 Å². The summed E-state index contributed by atoms with van der Waals surface area (Å²) in [6, 6.07) is 7.42. The van der Waals surface area contributed by atoms with E-state index in [9.17, 15) is 4.79 Å². The molecule has 0 saturated heterocycles. The molecule has 5 heteroatoms. The SMILES string of the molecule is NC(=O)OCCOc1ccccc1Br. The van der Waals surface area contributed by atoms with Crippen LogP contribution in [-0.2, 0) is 4.74 Å². The van der Waals surface area contributed by atoms with Crippen molar-refractivity contribution < 1.29 is 14.3 Å². The zero-order chi connectivity index (χ0) is 10.4. The van der Waals surface area contributed by atoms with Gasteiger partial charge < -0.3 is 15.2 Å². The van der Waals surface area contributed by atoms with Crippen LogP contribution in [0, 0.1) is 0 Å². The van der Waals surface area contributed by atoms with E-state index in [0.29, 0.717) is 5.75 Å². The second kappa shape index (κ2) is 5.49. The first-order valence-corrected chi connectivity index (χ1v) is 4.79. The van der Waals surface area contributed by atoms with Gasteiger partial charge in [0, 0.05) is 0 Å². The number of carbonyl (C=O) groups is 1. The highest BCUT2D eigenvalue weighted by Crippen LogP contribution is 2.23. The maximum absolute atomic E-state index is 10.2. The molecule has 0 spiro atoms. The number of halogens is 1. The van der Waals surface area contributed by atoms with Crippen LogP contribution in [0.5, 0.6) is 5.75 Å². The summed E-state index contributed by atoms with van der Waals surface area (Å²) in [6.07, 6.45) is -0.791. The molecule has 76 valence electrons. The van der Waals surface area contributed by atoms with Crippen LogP contribution in [0.2, 0.25) is 0 Å². The van der Waals surface area contributed by atoms with Gasteiger partial charge in [-0.2, -0.15) is 0 Å². The van der Waals surface area contributed by atoms with E-state index >= 15 is 0 Å². The predicted molar refractivity (Wildman–Crippen MR) is 55.2 cm³/mol. The number of nitrogens with two attached hydrogens (primary N) is 1. The van der Waals surface area contributed by atoms with Gasteiger partial charge in [0.05, 0.1) is 4.47 Å². The Labute approximate surface area is 90.1 Å². The highest BCUT2D eigenvalue weighted by atomic mass is 79.9. The third-order valence-corrected chi connectivity index (χ3v) is 2.08. The molecule has 0 aliphatic carbocycles. The number of hydrogen-bond donors (Lipinski definition) is 1. The van der Waals surface area contributed by atoms with Crippen LogP contribution in [0.1, 0.15) is 0 Å². The summed E-state index contributed by atoms with van der Waals surface area (Å²) in [5.41, 5.74) is 4.78. The Bertz CT molecular complexity index is 317. The number of carbonyl (C=O) groups excluding carboxylic acids is 1. The molecule has 2 N–H and O–H groups in total. The van der Waals surface area contributed by atoms with E-state index in [-0.39, 0.29) is 13.2 Å². The highest BCUT2D eigenvalue weighted by Gasteiger charge is 1.99. The molecule has 0 aliphatic rings. The molecule has 0 fully saturated rings. The quantitative estimate of drug-likeness (QED) is 0.841. The molecule has 1 rings (SSSR count). The molecule has 0 aromatic heterocycles.